The van der Waals surface area contributed by atoms with Crippen LogP contribution in [0.4, 0.5) is 0 Å². The molecule has 0 N–H and O–H groups in total. The maximum atomic E-state index is 8.77. The van der Waals surface area contributed by atoms with Gasteiger partial charge in [-0.15, -0.1) is 0 Å². The molecular formula is C27H56KO3P2S+. The van der Waals surface area contributed by atoms with Crippen molar-refractivity contribution < 1.29 is 65.8 Å². The maximum absolute atomic E-state index is 8.77. The second-order valence-electron chi connectivity index (χ2n) is 9.89. The van der Waals surface area contributed by atoms with Crippen molar-refractivity contribution in [1.82, 2.24) is 0 Å². The molecule has 1 fully saturated rings. The predicted octanol–water partition coefficient (Wildman–Crippen LogP) is 5.92. The molecule has 0 amide bonds. The number of hydrogen-bond acceptors (Lipinski definition) is 4. The van der Waals surface area contributed by atoms with E-state index in [0.717, 1.165) is 32.8 Å². The van der Waals surface area contributed by atoms with Crippen LogP contribution in [-0.2, 0) is 21.3 Å². The Morgan fingerprint density at radius 2 is 1.03 bits per heavy atom. The molecule has 1 saturated heterocycles. The first-order chi connectivity index (χ1) is 16.0. The molecular weight excluding hydrogens is 505 g/mol. The average molecular weight is 562 g/mol. The molecule has 7 heteroatoms. The fourth-order valence-electron chi connectivity index (χ4n) is 4.86. The summed E-state index contributed by atoms with van der Waals surface area (Å²) in [5.41, 5.74) is 0. The van der Waals surface area contributed by atoms with Gasteiger partial charge in [0.05, 0.1) is 11.7 Å². The van der Waals surface area contributed by atoms with Gasteiger partial charge in [0.15, 0.2) is 18.1 Å². The SMILES string of the molecule is CCCCC(CC)CC1OC(CC(CC)CCCC)PC(CC(CC)CCCC)O1.[K+].[O-][PH+]=S. The van der Waals surface area contributed by atoms with Crippen LogP contribution in [0.25, 0.3) is 0 Å². The molecule has 1 aliphatic heterocycles. The van der Waals surface area contributed by atoms with E-state index >= 15 is 0 Å². The topological polar surface area (TPSA) is 41.5 Å². The van der Waals surface area contributed by atoms with E-state index in [0.29, 0.717) is 11.7 Å². The number of hydrogen-bond donors (Lipinski definition) is 0. The van der Waals surface area contributed by atoms with Crippen molar-refractivity contribution >= 4 is 28.0 Å². The molecule has 6 atom stereocenters. The summed E-state index contributed by atoms with van der Waals surface area (Å²) in [6, 6.07) is 0. The minimum atomic E-state index is -0.583. The molecule has 198 valence electrons. The summed E-state index contributed by atoms with van der Waals surface area (Å²) in [4.78, 5) is 8.77. The van der Waals surface area contributed by atoms with Crippen LogP contribution < -0.4 is 56.3 Å². The third kappa shape index (κ3) is 19.5. The van der Waals surface area contributed by atoms with E-state index in [1.165, 1.54) is 89.9 Å². The van der Waals surface area contributed by atoms with Crippen molar-refractivity contribution in [1.29, 1.82) is 0 Å². The molecule has 1 rings (SSSR count). The molecule has 6 unspecified atom stereocenters. The second kappa shape index (κ2) is 27.0. The Labute approximate surface area is 264 Å². The largest absolute Gasteiger partial charge is 1.00 e. The summed E-state index contributed by atoms with van der Waals surface area (Å²) in [5, 5.41) is 0. The Morgan fingerprint density at radius 1 is 0.706 bits per heavy atom. The van der Waals surface area contributed by atoms with Crippen LogP contribution in [-0.4, -0.2) is 18.0 Å². The number of rotatable bonds is 18. The second-order valence-corrected chi connectivity index (χ2v) is 12.2. The fourth-order valence-corrected chi connectivity index (χ4v) is 6.68. The minimum Gasteiger partial charge on any atom is -0.621 e. The van der Waals surface area contributed by atoms with Crippen molar-refractivity contribution in [2.75, 3.05) is 0 Å². The fraction of sp³-hybridized carbons (Fsp3) is 1.00. The predicted molar refractivity (Wildman–Crippen MR) is 151 cm³/mol. The molecule has 3 nitrogen and oxygen atoms in total. The zero-order valence-electron chi connectivity index (χ0n) is 23.7. The summed E-state index contributed by atoms with van der Waals surface area (Å²) >= 11 is 3.87. The smallest absolute Gasteiger partial charge is 0.621 e. The van der Waals surface area contributed by atoms with Gasteiger partial charge < -0.3 is 14.4 Å². The Kier molecular flexibility index (Phi) is 30.7. The third-order valence-corrected chi connectivity index (χ3v) is 8.74. The number of ether oxygens (including phenoxy) is 2. The van der Waals surface area contributed by atoms with Crippen molar-refractivity contribution in [3.8, 4) is 0 Å². The molecule has 0 aromatic carbocycles. The van der Waals surface area contributed by atoms with Gasteiger partial charge in [-0.1, -0.05) is 127 Å². The van der Waals surface area contributed by atoms with Gasteiger partial charge in [0.2, 0.25) is 0 Å². The zero-order valence-corrected chi connectivity index (χ0v) is 29.6. The Hall–Kier alpha value is 2.47. The van der Waals surface area contributed by atoms with Crippen LogP contribution in [0.2, 0.25) is 0 Å². The Bertz CT molecular complexity index is 385. The van der Waals surface area contributed by atoms with Gasteiger partial charge in [-0.2, -0.15) is 0 Å². The minimum absolute atomic E-state index is 0. The van der Waals surface area contributed by atoms with Gasteiger partial charge in [0.25, 0.3) is 0 Å². The first kappa shape index (κ1) is 38.6. The van der Waals surface area contributed by atoms with Gasteiger partial charge >= 0.3 is 51.4 Å². The van der Waals surface area contributed by atoms with E-state index in [1.54, 1.807) is 0 Å². The van der Waals surface area contributed by atoms with E-state index in [1.807, 2.05) is 0 Å². The summed E-state index contributed by atoms with van der Waals surface area (Å²) < 4.78 is 13.3. The van der Waals surface area contributed by atoms with E-state index < -0.39 is 7.58 Å². The summed E-state index contributed by atoms with van der Waals surface area (Å²) in [6.07, 6.45) is 19.5. The zero-order chi connectivity index (χ0) is 24.9. The molecule has 1 heterocycles. The van der Waals surface area contributed by atoms with Crippen LogP contribution >= 0.6 is 16.2 Å². The first-order valence-electron chi connectivity index (χ1n) is 14.1. The number of unbranched alkanes of at least 4 members (excludes halogenated alkanes) is 3. The van der Waals surface area contributed by atoms with Crippen molar-refractivity contribution in [3.63, 3.8) is 0 Å². The molecule has 0 aromatic rings. The Balaban J connectivity index is 0. The molecule has 0 aromatic heterocycles. The van der Waals surface area contributed by atoms with Crippen molar-refractivity contribution in [2.45, 2.75) is 156 Å². The quantitative estimate of drug-likeness (QED) is 0.154. The van der Waals surface area contributed by atoms with Crippen molar-refractivity contribution in [3.05, 3.63) is 0 Å². The van der Waals surface area contributed by atoms with Crippen LogP contribution in [0, 0.1) is 17.8 Å². The molecule has 0 aliphatic carbocycles. The summed E-state index contributed by atoms with van der Waals surface area (Å²) in [7, 11) is 0.242. The van der Waals surface area contributed by atoms with Crippen LogP contribution in [0.15, 0.2) is 0 Å². The average Bonchev–Trinajstić information content (AvgIpc) is 2.82. The molecule has 34 heavy (non-hydrogen) atoms. The van der Waals surface area contributed by atoms with Gasteiger partial charge in [-0.3, -0.25) is 0 Å². The van der Waals surface area contributed by atoms with Gasteiger partial charge in [0, 0.05) is 6.42 Å². The molecule has 0 bridgehead atoms. The monoisotopic (exact) mass is 561 g/mol. The maximum Gasteiger partial charge on any atom is 1.00 e. The van der Waals surface area contributed by atoms with Crippen LogP contribution in [0.1, 0.15) is 138 Å². The van der Waals surface area contributed by atoms with E-state index in [-0.39, 0.29) is 57.7 Å². The molecule has 1 aliphatic rings. The first-order valence-corrected chi connectivity index (χ1v) is 17.3. The van der Waals surface area contributed by atoms with Gasteiger partial charge in [-0.05, 0) is 30.6 Å². The Morgan fingerprint density at radius 3 is 1.32 bits per heavy atom. The van der Waals surface area contributed by atoms with Gasteiger partial charge in [0.1, 0.15) is 7.58 Å². The standard InChI is InChI=1S/C27H55O2P.K.HOPS/c1-7-13-16-22(10-4)19-25-28-26(20-23(11-5)17-14-8-2)30-27(29-25)21-24(12-6)18-15-9-3;;1-2-3/h22-27,30H,7-21H2,1-6H3;;2H/q;+1;. The molecule has 0 radical (unpaired) electrons. The molecule has 0 saturated carbocycles. The van der Waals surface area contributed by atoms with Crippen molar-refractivity contribution in [2.24, 2.45) is 17.8 Å². The molecule has 0 spiro atoms. The van der Waals surface area contributed by atoms with E-state index in [9.17, 15) is 0 Å². The van der Waals surface area contributed by atoms with E-state index in [2.05, 4.69) is 53.3 Å². The van der Waals surface area contributed by atoms with Crippen LogP contribution in [0.5, 0.6) is 0 Å². The summed E-state index contributed by atoms with van der Waals surface area (Å²) in [6.45, 7) is 14.0. The van der Waals surface area contributed by atoms with Gasteiger partial charge in [-0.25, -0.2) is 0 Å². The summed E-state index contributed by atoms with van der Waals surface area (Å²) in [5.74, 6) is 3.27. The third-order valence-electron chi connectivity index (χ3n) is 7.25. The van der Waals surface area contributed by atoms with Crippen LogP contribution in [0.3, 0.4) is 0 Å². The van der Waals surface area contributed by atoms with E-state index in [4.69, 9.17) is 14.4 Å². The normalized spacial score (nSPS) is 23.6.